The summed E-state index contributed by atoms with van der Waals surface area (Å²) in [7, 11) is 4.50. The molecule has 2 unspecified atom stereocenters. The zero-order valence-electron chi connectivity index (χ0n) is 12.6. The minimum Gasteiger partial charge on any atom is -0.309 e. The van der Waals surface area contributed by atoms with Crippen LogP contribution in [0.25, 0.3) is 0 Å². The fourth-order valence-electron chi connectivity index (χ4n) is 2.82. The molecule has 4 heteroatoms. The van der Waals surface area contributed by atoms with Gasteiger partial charge in [-0.3, -0.25) is 0 Å². The summed E-state index contributed by atoms with van der Waals surface area (Å²) in [6.45, 7) is 8.99. The summed E-state index contributed by atoms with van der Waals surface area (Å²) in [5.41, 5.74) is 0. The van der Waals surface area contributed by atoms with Crippen molar-refractivity contribution in [3.8, 4) is 0 Å². The monoisotopic (exact) mass is 281 g/mol. The summed E-state index contributed by atoms with van der Waals surface area (Å²) in [5.74, 6) is 0. The topological polar surface area (TPSA) is 18.5 Å². The average molecular weight is 281 g/mol. The van der Waals surface area contributed by atoms with E-state index >= 15 is 0 Å². The number of rotatable bonds is 5. The maximum Gasteiger partial charge on any atom is 0.0430 e. The Kier molecular flexibility index (Phi) is 5.39. The van der Waals surface area contributed by atoms with Crippen LogP contribution in [0.1, 0.15) is 29.1 Å². The van der Waals surface area contributed by atoms with E-state index < -0.39 is 0 Å². The van der Waals surface area contributed by atoms with E-state index in [1.54, 1.807) is 0 Å². The quantitative estimate of drug-likeness (QED) is 0.894. The molecule has 1 aromatic rings. The Morgan fingerprint density at radius 1 is 1.37 bits per heavy atom. The number of nitrogens with one attached hydrogen (secondary N) is 1. The van der Waals surface area contributed by atoms with Crippen LogP contribution in [0.4, 0.5) is 0 Å². The van der Waals surface area contributed by atoms with Gasteiger partial charge in [-0.1, -0.05) is 6.92 Å². The van der Waals surface area contributed by atoms with Crippen molar-refractivity contribution in [2.75, 3.05) is 40.3 Å². The number of likely N-dealkylation sites (N-methyl/N-ethyl adjacent to an activating group) is 2. The fraction of sp³-hybridized carbons (Fsp3) is 0.733. The first-order valence-electron chi connectivity index (χ1n) is 7.28. The van der Waals surface area contributed by atoms with Gasteiger partial charge in [-0.25, -0.2) is 0 Å². The third kappa shape index (κ3) is 4.02. The lowest BCUT2D eigenvalue weighted by molar-refractivity contribution is 0.101. The second-order valence-electron chi connectivity index (χ2n) is 5.69. The third-order valence-corrected chi connectivity index (χ3v) is 5.16. The Labute approximate surface area is 121 Å². The van der Waals surface area contributed by atoms with Crippen molar-refractivity contribution in [3.63, 3.8) is 0 Å². The van der Waals surface area contributed by atoms with Gasteiger partial charge in [0.15, 0.2) is 0 Å². The lowest BCUT2D eigenvalue weighted by Crippen LogP contribution is -2.51. The number of piperazine rings is 1. The molecule has 1 saturated heterocycles. The number of nitrogens with zero attached hydrogens (tertiary/aromatic N) is 2. The van der Waals surface area contributed by atoms with Crippen LogP contribution in [0.15, 0.2) is 12.1 Å². The van der Waals surface area contributed by atoms with E-state index in [1.807, 2.05) is 11.3 Å². The van der Waals surface area contributed by atoms with E-state index in [9.17, 15) is 0 Å². The summed E-state index contributed by atoms with van der Waals surface area (Å²) in [6.07, 6.45) is 1.20. The van der Waals surface area contributed by atoms with Gasteiger partial charge in [0.05, 0.1) is 0 Å². The lowest BCUT2D eigenvalue weighted by atomic mass is 10.0. The molecule has 1 aromatic heterocycles. The molecule has 2 heterocycles. The third-order valence-electron chi connectivity index (χ3n) is 4.04. The molecule has 0 radical (unpaired) electrons. The number of hydrogen-bond acceptors (Lipinski definition) is 4. The maximum absolute atomic E-state index is 3.66. The molecule has 0 spiro atoms. The number of hydrogen-bond donors (Lipinski definition) is 1. The molecule has 0 amide bonds. The van der Waals surface area contributed by atoms with Gasteiger partial charge in [0.25, 0.3) is 0 Å². The molecule has 0 saturated carbocycles. The summed E-state index contributed by atoms with van der Waals surface area (Å²) in [6, 6.07) is 5.69. The molecule has 1 aliphatic heterocycles. The second-order valence-corrected chi connectivity index (χ2v) is 7.01. The molecular formula is C15H27N3S. The standard InChI is InChI=1S/C15H27N3S/c1-5-16-14(15-7-6-12(2)19-15)10-13-11-17(3)8-9-18(13)4/h6-7,13-14,16H,5,8-11H2,1-4H3. The first-order valence-corrected chi connectivity index (χ1v) is 8.10. The molecule has 1 N–H and O–H groups in total. The van der Waals surface area contributed by atoms with Crippen molar-refractivity contribution in [1.82, 2.24) is 15.1 Å². The first-order chi connectivity index (χ1) is 9.10. The van der Waals surface area contributed by atoms with Gasteiger partial charge < -0.3 is 15.1 Å². The average Bonchev–Trinajstić information content (AvgIpc) is 2.80. The molecule has 1 fully saturated rings. The van der Waals surface area contributed by atoms with Gasteiger partial charge >= 0.3 is 0 Å². The van der Waals surface area contributed by atoms with E-state index in [1.165, 1.54) is 35.8 Å². The van der Waals surface area contributed by atoms with E-state index in [0.717, 1.165) is 6.54 Å². The van der Waals surface area contributed by atoms with Crippen LogP contribution in [0.2, 0.25) is 0 Å². The van der Waals surface area contributed by atoms with E-state index in [4.69, 9.17) is 0 Å². The minimum absolute atomic E-state index is 0.502. The van der Waals surface area contributed by atoms with Gasteiger partial charge in [0.1, 0.15) is 0 Å². The highest BCUT2D eigenvalue weighted by atomic mass is 32.1. The molecule has 2 rings (SSSR count). The van der Waals surface area contributed by atoms with E-state index in [-0.39, 0.29) is 0 Å². The van der Waals surface area contributed by atoms with Crippen molar-refractivity contribution in [2.24, 2.45) is 0 Å². The Hall–Kier alpha value is -0.420. The smallest absolute Gasteiger partial charge is 0.0430 e. The van der Waals surface area contributed by atoms with Crippen molar-refractivity contribution >= 4 is 11.3 Å². The number of thiophene rings is 1. The van der Waals surface area contributed by atoms with Crippen molar-refractivity contribution in [1.29, 1.82) is 0 Å². The van der Waals surface area contributed by atoms with Crippen molar-refractivity contribution in [2.45, 2.75) is 32.4 Å². The fourth-order valence-corrected chi connectivity index (χ4v) is 3.78. The SMILES string of the molecule is CCNC(CC1CN(C)CCN1C)c1ccc(C)s1. The Balaban J connectivity index is 2.03. The normalized spacial score (nSPS) is 23.7. The van der Waals surface area contributed by atoms with Gasteiger partial charge in [0.2, 0.25) is 0 Å². The van der Waals surface area contributed by atoms with Crippen LogP contribution in [-0.4, -0.2) is 56.1 Å². The van der Waals surface area contributed by atoms with Gasteiger partial charge in [0, 0.05) is 41.5 Å². The highest BCUT2D eigenvalue weighted by Gasteiger charge is 2.26. The van der Waals surface area contributed by atoms with Gasteiger partial charge in [-0.05, 0) is 46.1 Å². The highest BCUT2D eigenvalue weighted by molar-refractivity contribution is 7.12. The van der Waals surface area contributed by atoms with Crippen LogP contribution < -0.4 is 5.32 Å². The second kappa shape index (κ2) is 6.84. The van der Waals surface area contributed by atoms with Crippen LogP contribution in [0.5, 0.6) is 0 Å². The molecular weight excluding hydrogens is 254 g/mol. The Morgan fingerprint density at radius 3 is 2.79 bits per heavy atom. The molecule has 0 bridgehead atoms. The molecule has 1 aliphatic rings. The van der Waals surface area contributed by atoms with Crippen LogP contribution in [0.3, 0.4) is 0 Å². The maximum atomic E-state index is 3.66. The number of aryl methyl sites for hydroxylation is 1. The van der Waals surface area contributed by atoms with Crippen molar-refractivity contribution < 1.29 is 0 Å². The molecule has 3 nitrogen and oxygen atoms in total. The largest absolute Gasteiger partial charge is 0.309 e. The molecule has 0 aromatic carbocycles. The summed E-state index contributed by atoms with van der Waals surface area (Å²) < 4.78 is 0. The van der Waals surface area contributed by atoms with E-state index in [2.05, 4.69) is 55.2 Å². The van der Waals surface area contributed by atoms with Crippen LogP contribution in [-0.2, 0) is 0 Å². The summed E-state index contributed by atoms with van der Waals surface area (Å²) in [4.78, 5) is 7.87. The molecule has 0 aliphatic carbocycles. The highest BCUT2D eigenvalue weighted by Crippen LogP contribution is 2.28. The predicted octanol–water partition coefficient (Wildman–Crippen LogP) is 2.34. The van der Waals surface area contributed by atoms with E-state index in [0.29, 0.717) is 12.1 Å². The summed E-state index contributed by atoms with van der Waals surface area (Å²) >= 11 is 1.93. The zero-order chi connectivity index (χ0) is 13.8. The lowest BCUT2D eigenvalue weighted by Gasteiger charge is -2.39. The molecule has 19 heavy (non-hydrogen) atoms. The first kappa shape index (κ1) is 15.0. The zero-order valence-corrected chi connectivity index (χ0v) is 13.5. The molecule has 2 atom stereocenters. The van der Waals surface area contributed by atoms with Crippen molar-refractivity contribution in [3.05, 3.63) is 21.9 Å². The minimum atomic E-state index is 0.502. The van der Waals surface area contributed by atoms with Crippen LogP contribution >= 0.6 is 11.3 Å². The van der Waals surface area contributed by atoms with Gasteiger partial charge in [-0.2, -0.15) is 0 Å². The van der Waals surface area contributed by atoms with Gasteiger partial charge in [-0.15, -0.1) is 11.3 Å². The predicted molar refractivity (Wildman–Crippen MR) is 84.0 cm³/mol. The summed E-state index contributed by atoms with van der Waals surface area (Å²) in [5, 5.41) is 3.66. The van der Waals surface area contributed by atoms with Crippen LogP contribution in [0, 0.1) is 6.92 Å². The Morgan fingerprint density at radius 2 is 2.16 bits per heavy atom. The Bertz CT molecular complexity index is 390. The molecule has 108 valence electrons.